The van der Waals surface area contributed by atoms with Crippen molar-refractivity contribution in [3.05, 3.63) is 5.69 Å². The minimum Gasteiger partial charge on any atom is -0.396 e. The van der Waals surface area contributed by atoms with Gasteiger partial charge in [0.15, 0.2) is 0 Å². The summed E-state index contributed by atoms with van der Waals surface area (Å²) >= 11 is 1.28. The minimum absolute atomic E-state index is 0.307. The van der Waals surface area contributed by atoms with Crippen LogP contribution >= 0.6 is 11.5 Å². The van der Waals surface area contributed by atoms with Gasteiger partial charge in [0.1, 0.15) is 10.7 Å². The normalized spacial score (nSPS) is 18.9. The number of piperidine rings is 1. The number of hydrogen-bond donors (Lipinski definition) is 3. The summed E-state index contributed by atoms with van der Waals surface area (Å²) in [5.74, 6) is 5.84. The lowest BCUT2D eigenvalue weighted by molar-refractivity contribution is 0.126. The summed E-state index contributed by atoms with van der Waals surface area (Å²) in [7, 11) is 0. The molecule has 0 unspecified atom stereocenters. The van der Waals surface area contributed by atoms with Crippen LogP contribution in [0.1, 0.15) is 18.5 Å². The zero-order valence-electron chi connectivity index (χ0n) is 9.09. The number of hydrogen-bond acceptors (Lipinski definition) is 7. The van der Waals surface area contributed by atoms with E-state index in [0.717, 1.165) is 43.2 Å². The van der Waals surface area contributed by atoms with Crippen molar-refractivity contribution in [1.82, 2.24) is 14.5 Å². The molecule has 1 saturated heterocycles. The van der Waals surface area contributed by atoms with Crippen LogP contribution in [-0.2, 0) is 6.54 Å². The second kappa shape index (κ2) is 5.53. The van der Waals surface area contributed by atoms with E-state index < -0.39 is 0 Å². The van der Waals surface area contributed by atoms with Gasteiger partial charge in [0.2, 0.25) is 0 Å². The molecule has 90 valence electrons. The van der Waals surface area contributed by atoms with Gasteiger partial charge in [-0.25, -0.2) is 5.84 Å². The Balaban J connectivity index is 1.87. The van der Waals surface area contributed by atoms with Crippen molar-refractivity contribution in [2.75, 3.05) is 25.1 Å². The topological polar surface area (TPSA) is 87.3 Å². The smallest absolute Gasteiger partial charge is 0.148 e. The number of likely N-dealkylation sites (tertiary alicyclic amines) is 1. The van der Waals surface area contributed by atoms with Crippen molar-refractivity contribution in [3.8, 4) is 0 Å². The van der Waals surface area contributed by atoms with E-state index in [2.05, 4.69) is 19.9 Å². The van der Waals surface area contributed by atoms with Crippen molar-refractivity contribution >= 4 is 16.5 Å². The molecule has 0 bridgehead atoms. The Morgan fingerprint density at radius 1 is 1.50 bits per heavy atom. The Morgan fingerprint density at radius 3 is 2.88 bits per heavy atom. The van der Waals surface area contributed by atoms with Gasteiger partial charge in [0, 0.05) is 24.7 Å². The third-order valence-corrected chi connectivity index (χ3v) is 3.72. The minimum atomic E-state index is 0.307. The molecule has 1 aliphatic heterocycles. The van der Waals surface area contributed by atoms with Crippen LogP contribution in [0.2, 0.25) is 0 Å². The van der Waals surface area contributed by atoms with Crippen LogP contribution in [0.4, 0.5) is 5.00 Å². The summed E-state index contributed by atoms with van der Waals surface area (Å²) in [6, 6.07) is 0. The number of nitrogens with zero attached hydrogens (tertiary/aromatic N) is 3. The average molecular weight is 243 g/mol. The van der Waals surface area contributed by atoms with Gasteiger partial charge in [-0.3, -0.25) is 4.90 Å². The lowest BCUT2D eigenvalue weighted by Crippen LogP contribution is -2.34. The molecule has 7 heteroatoms. The predicted octanol–water partition coefficient (Wildman–Crippen LogP) is 0.0280. The van der Waals surface area contributed by atoms with E-state index in [1.165, 1.54) is 11.5 Å². The third kappa shape index (κ3) is 2.67. The number of nitrogen functional groups attached to an aromatic ring is 1. The maximum Gasteiger partial charge on any atom is 0.148 e. The van der Waals surface area contributed by atoms with Gasteiger partial charge >= 0.3 is 0 Å². The molecule has 0 atom stereocenters. The molecule has 1 fully saturated rings. The van der Waals surface area contributed by atoms with E-state index in [-0.39, 0.29) is 0 Å². The van der Waals surface area contributed by atoms with Crippen molar-refractivity contribution in [2.45, 2.75) is 19.4 Å². The SMILES string of the molecule is NNc1snnc1CN1CCC(CO)CC1. The second-order valence-corrected chi connectivity index (χ2v) is 4.85. The highest BCUT2D eigenvalue weighted by atomic mass is 32.1. The van der Waals surface area contributed by atoms with E-state index in [1.807, 2.05) is 0 Å². The molecule has 1 aromatic rings. The first-order valence-electron chi connectivity index (χ1n) is 5.44. The molecular weight excluding hydrogens is 226 g/mol. The summed E-state index contributed by atoms with van der Waals surface area (Å²) in [5.41, 5.74) is 3.52. The number of aliphatic hydroxyl groups excluding tert-OH is 1. The van der Waals surface area contributed by atoms with Crippen LogP contribution in [0.3, 0.4) is 0 Å². The molecule has 1 aliphatic rings. The van der Waals surface area contributed by atoms with Crippen LogP contribution < -0.4 is 11.3 Å². The highest BCUT2D eigenvalue weighted by Crippen LogP contribution is 2.22. The molecule has 0 aliphatic carbocycles. The fraction of sp³-hybridized carbons (Fsp3) is 0.778. The molecule has 0 spiro atoms. The molecule has 0 saturated carbocycles. The van der Waals surface area contributed by atoms with Gasteiger partial charge in [0.25, 0.3) is 0 Å². The quantitative estimate of drug-likeness (QED) is 0.511. The van der Waals surface area contributed by atoms with Crippen LogP contribution in [0.5, 0.6) is 0 Å². The lowest BCUT2D eigenvalue weighted by Gasteiger charge is -2.30. The number of aromatic nitrogens is 2. The van der Waals surface area contributed by atoms with Crippen molar-refractivity contribution in [1.29, 1.82) is 0 Å². The van der Waals surface area contributed by atoms with E-state index in [4.69, 9.17) is 10.9 Å². The molecule has 6 nitrogen and oxygen atoms in total. The summed E-state index contributed by atoms with van der Waals surface area (Å²) in [5, 5.41) is 13.9. The van der Waals surface area contributed by atoms with Crippen molar-refractivity contribution in [2.24, 2.45) is 11.8 Å². The van der Waals surface area contributed by atoms with Crippen LogP contribution in [-0.4, -0.2) is 39.3 Å². The molecule has 16 heavy (non-hydrogen) atoms. The zero-order chi connectivity index (χ0) is 11.4. The largest absolute Gasteiger partial charge is 0.396 e. The molecule has 1 aromatic heterocycles. The van der Waals surface area contributed by atoms with Gasteiger partial charge in [-0.2, -0.15) is 0 Å². The van der Waals surface area contributed by atoms with Gasteiger partial charge in [-0.05, 0) is 31.8 Å². The molecule has 0 aromatic carbocycles. The Hall–Kier alpha value is -0.760. The molecule has 2 heterocycles. The van der Waals surface area contributed by atoms with E-state index in [0.29, 0.717) is 12.5 Å². The molecule has 0 amide bonds. The number of hydrazine groups is 1. The van der Waals surface area contributed by atoms with Gasteiger partial charge in [0.05, 0.1) is 0 Å². The summed E-state index contributed by atoms with van der Waals surface area (Å²) < 4.78 is 3.87. The average Bonchev–Trinajstić information content (AvgIpc) is 2.77. The van der Waals surface area contributed by atoms with E-state index >= 15 is 0 Å². The Labute approximate surface area is 98.6 Å². The number of aliphatic hydroxyl groups is 1. The van der Waals surface area contributed by atoms with Gasteiger partial charge < -0.3 is 10.5 Å². The molecule has 4 N–H and O–H groups in total. The maximum atomic E-state index is 9.05. The number of rotatable bonds is 4. The van der Waals surface area contributed by atoms with Gasteiger partial charge in [-0.15, -0.1) is 5.10 Å². The number of nitrogens with one attached hydrogen (secondary N) is 1. The van der Waals surface area contributed by atoms with E-state index in [9.17, 15) is 0 Å². The lowest BCUT2D eigenvalue weighted by atomic mass is 9.98. The zero-order valence-corrected chi connectivity index (χ0v) is 9.91. The highest BCUT2D eigenvalue weighted by molar-refractivity contribution is 7.10. The fourth-order valence-corrected chi connectivity index (χ4v) is 2.45. The molecule has 0 radical (unpaired) electrons. The molecule has 2 rings (SSSR count). The van der Waals surface area contributed by atoms with Crippen molar-refractivity contribution < 1.29 is 5.11 Å². The summed E-state index contributed by atoms with van der Waals surface area (Å²) in [6.45, 7) is 3.11. The first kappa shape index (κ1) is 11.7. The van der Waals surface area contributed by atoms with Crippen LogP contribution in [0.25, 0.3) is 0 Å². The Bertz CT molecular complexity index is 323. The summed E-state index contributed by atoms with van der Waals surface area (Å²) in [6.07, 6.45) is 2.11. The molecular formula is C9H17N5OS. The summed E-state index contributed by atoms with van der Waals surface area (Å²) in [4.78, 5) is 2.32. The standard InChI is InChI=1S/C9H17N5OS/c10-11-9-8(12-13-16-9)5-14-3-1-7(6-15)2-4-14/h7,11,15H,1-6,10H2. The monoisotopic (exact) mass is 243 g/mol. The Kier molecular flexibility index (Phi) is 4.05. The second-order valence-electron chi connectivity index (χ2n) is 4.10. The van der Waals surface area contributed by atoms with E-state index in [1.54, 1.807) is 0 Å². The fourth-order valence-electron chi connectivity index (χ4n) is 1.96. The van der Waals surface area contributed by atoms with Crippen LogP contribution in [0, 0.1) is 5.92 Å². The maximum absolute atomic E-state index is 9.05. The van der Waals surface area contributed by atoms with Gasteiger partial charge in [-0.1, -0.05) is 4.49 Å². The highest BCUT2D eigenvalue weighted by Gasteiger charge is 2.20. The third-order valence-electron chi connectivity index (χ3n) is 3.03. The number of nitrogens with two attached hydrogens (primary N) is 1. The van der Waals surface area contributed by atoms with Crippen LogP contribution in [0.15, 0.2) is 0 Å². The van der Waals surface area contributed by atoms with Crippen molar-refractivity contribution in [3.63, 3.8) is 0 Å². The first-order chi connectivity index (χ1) is 7.83. The first-order valence-corrected chi connectivity index (χ1v) is 6.22. The Morgan fingerprint density at radius 2 is 2.25 bits per heavy atom. The number of anilines is 1. The predicted molar refractivity (Wildman–Crippen MR) is 62.8 cm³/mol.